The van der Waals surface area contributed by atoms with Crippen molar-refractivity contribution in [1.82, 2.24) is 14.8 Å². The summed E-state index contributed by atoms with van der Waals surface area (Å²) in [6, 6.07) is 3.76. The highest BCUT2D eigenvalue weighted by Gasteiger charge is 2.36. The summed E-state index contributed by atoms with van der Waals surface area (Å²) in [5.74, 6) is 1.80. The van der Waals surface area contributed by atoms with Gasteiger partial charge in [-0.2, -0.15) is 16.9 Å². The number of amides is 1. The Kier molecular flexibility index (Phi) is 5.18. The van der Waals surface area contributed by atoms with E-state index in [0.717, 1.165) is 28.6 Å². The van der Waals surface area contributed by atoms with Gasteiger partial charge in [0.05, 0.1) is 29.5 Å². The van der Waals surface area contributed by atoms with Gasteiger partial charge in [0.15, 0.2) is 0 Å². The zero-order valence-corrected chi connectivity index (χ0v) is 14.7. The van der Waals surface area contributed by atoms with E-state index in [9.17, 15) is 9.18 Å². The van der Waals surface area contributed by atoms with Gasteiger partial charge in [-0.25, -0.2) is 9.07 Å². The second-order valence-electron chi connectivity index (χ2n) is 6.04. The molecule has 0 N–H and O–H groups in total. The fraction of sp³-hybridized carbons (Fsp3) is 0.471. The molecule has 0 saturated heterocycles. The van der Waals surface area contributed by atoms with Crippen molar-refractivity contribution in [1.29, 1.82) is 0 Å². The number of hydrogen-bond acceptors (Lipinski definition) is 4. The maximum absolute atomic E-state index is 12.8. The number of aryl methyl sites for hydroxylation is 1. The zero-order chi connectivity index (χ0) is 17.1. The molecule has 1 aliphatic carbocycles. The van der Waals surface area contributed by atoms with E-state index in [1.165, 1.54) is 0 Å². The molecule has 0 aromatic carbocycles. The Labute approximate surface area is 145 Å². The van der Waals surface area contributed by atoms with Crippen LogP contribution in [0.1, 0.15) is 18.5 Å². The molecule has 2 unspecified atom stereocenters. The third-order valence-electron chi connectivity index (χ3n) is 4.15. The number of carbonyl (C=O) groups is 1. The van der Waals surface area contributed by atoms with E-state index in [1.807, 2.05) is 25.3 Å². The maximum atomic E-state index is 12.8. The van der Waals surface area contributed by atoms with Crippen LogP contribution in [0.15, 0.2) is 30.7 Å². The minimum Gasteiger partial charge on any atom is -0.312 e. The number of pyridine rings is 1. The summed E-state index contributed by atoms with van der Waals surface area (Å²) in [6.07, 6.45) is 5.80. The van der Waals surface area contributed by atoms with Gasteiger partial charge in [-0.05, 0) is 31.2 Å². The molecule has 24 heavy (non-hydrogen) atoms. The molecule has 2 atom stereocenters. The third-order valence-corrected chi connectivity index (χ3v) is 5.30. The highest BCUT2D eigenvalue weighted by molar-refractivity contribution is 7.99. The molecular weight excluding hydrogens is 327 g/mol. The Bertz CT molecular complexity index is 706. The molecule has 2 heterocycles. The maximum Gasteiger partial charge on any atom is 0.227 e. The average Bonchev–Trinajstić information content (AvgIpc) is 3.15. The summed E-state index contributed by atoms with van der Waals surface area (Å²) >= 11 is 1.66. The van der Waals surface area contributed by atoms with Gasteiger partial charge in [-0.1, -0.05) is 0 Å². The molecule has 2 aromatic heterocycles. The van der Waals surface area contributed by atoms with Crippen molar-refractivity contribution in [2.75, 3.05) is 23.5 Å². The molecule has 0 aliphatic heterocycles. The quantitative estimate of drug-likeness (QED) is 0.722. The summed E-state index contributed by atoms with van der Waals surface area (Å²) in [5.41, 5.74) is 2.44. The lowest BCUT2D eigenvalue weighted by Gasteiger charge is -2.15. The summed E-state index contributed by atoms with van der Waals surface area (Å²) in [5, 5.41) is 4.46. The summed E-state index contributed by atoms with van der Waals surface area (Å²) in [6.45, 7) is 1.88. The van der Waals surface area contributed by atoms with Crippen molar-refractivity contribution in [3.05, 3.63) is 36.4 Å². The highest BCUT2D eigenvalue weighted by atomic mass is 32.2. The molecule has 0 bridgehead atoms. The van der Waals surface area contributed by atoms with Gasteiger partial charge >= 0.3 is 0 Å². The zero-order valence-electron chi connectivity index (χ0n) is 13.9. The van der Waals surface area contributed by atoms with Crippen LogP contribution in [0, 0.1) is 12.8 Å². The van der Waals surface area contributed by atoms with Crippen molar-refractivity contribution in [3.8, 4) is 5.69 Å². The standard InChI is InChI=1S/C17H21FN4OS/c1-12-16(10-22(20-12)14-4-3-6-19-9-14)21(2)17(23)5-7-24-11-13-8-15(13)18/h3-4,6,9-10,13,15H,5,7-8,11H2,1-2H3. The summed E-state index contributed by atoms with van der Waals surface area (Å²) < 4.78 is 14.5. The molecule has 0 spiro atoms. The van der Waals surface area contributed by atoms with Gasteiger partial charge in [-0.15, -0.1) is 0 Å². The van der Waals surface area contributed by atoms with Gasteiger partial charge in [0, 0.05) is 31.3 Å². The molecular formula is C17H21FN4OS. The number of hydrogen-bond donors (Lipinski definition) is 0. The molecule has 2 aromatic rings. The Morgan fingerprint density at radius 2 is 2.33 bits per heavy atom. The fourth-order valence-electron chi connectivity index (χ4n) is 2.48. The molecule has 5 nitrogen and oxygen atoms in total. The smallest absolute Gasteiger partial charge is 0.227 e. The lowest BCUT2D eigenvalue weighted by molar-refractivity contribution is -0.117. The van der Waals surface area contributed by atoms with Gasteiger partial charge in [-0.3, -0.25) is 9.78 Å². The number of halogens is 1. The van der Waals surface area contributed by atoms with E-state index >= 15 is 0 Å². The van der Waals surface area contributed by atoms with Crippen LogP contribution in [0.2, 0.25) is 0 Å². The number of anilines is 1. The minimum absolute atomic E-state index is 0.0453. The van der Waals surface area contributed by atoms with E-state index in [0.29, 0.717) is 12.8 Å². The van der Waals surface area contributed by atoms with E-state index in [-0.39, 0.29) is 11.8 Å². The van der Waals surface area contributed by atoms with Crippen molar-refractivity contribution < 1.29 is 9.18 Å². The predicted molar refractivity (Wildman–Crippen MR) is 94.5 cm³/mol. The monoisotopic (exact) mass is 348 g/mol. The molecule has 128 valence electrons. The number of carbonyl (C=O) groups excluding carboxylic acids is 1. The van der Waals surface area contributed by atoms with Crippen LogP contribution in [0.4, 0.5) is 10.1 Å². The lowest BCUT2D eigenvalue weighted by atomic mass is 10.3. The number of nitrogens with zero attached hydrogens (tertiary/aromatic N) is 4. The molecule has 3 rings (SSSR count). The Hall–Kier alpha value is -1.89. The Balaban J connectivity index is 1.56. The van der Waals surface area contributed by atoms with Crippen LogP contribution < -0.4 is 4.90 Å². The first-order valence-corrected chi connectivity index (χ1v) is 9.16. The van der Waals surface area contributed by atoms with E-state index in [4.69, 9.17) is 0 Å². The SMILES string of the molecule is Cc1nn(-c2cccnc2)cc1N(C)C(=O)CCSCC1CC1F. The van der Waals surface area contributed by atoms with Crippen LogP contribution in [-0.2, 0) is 4.79 Å². The van der Waals surface area contributed by atoms with Gasteiger partial charge in [0.1, 0.15) is 6.17 Å². The van der Waals surface area contributed by atoms with Gasteiger partial charge in [0.2, 0.25) is 5.91 Å². The van der Waals surface area contributed by atoms with E-state index in [1.54, 1.807) is 40.8 Å². The number of thioether (sulfide) groups is 1. The van der Waals surface area contributed by atoms with Crippen LogP contribution in [0.5, 0.6) is 0 Å². The third kappa shape index (κ3) is 3.95. The Morgan fingerprint density at radius 3 is 3.00 bits per heavy atom. The fourth-order valence-corrected chi connectivity index (χ4v) is 3.61. The van der Waals surface area contributed by atoms with E-state index < -0.39 is 6.17 Å². The van der Waals surface area contributed by atoms with Crippen molar-refractivity contribution in [3.63, 3.8) is 0 Å². The summed E-state index contributed by atoms with van der Waals surface area (Å²) in [4.78, 5) is 18.1. The van der Waals surface area contributed by atoms with Crippen molar-refractivity contribution >= 4 is 23.4 Å². The van der Waals surface area contributed by atoms with Gasteiger partial charge in [0.25, 0.3) is 0 Å². The largest absolute Gasteiger partial charge is 0.312 e. The normalized spacial score (nSPS) is 19.3. The molecule has 1 amide bonds. The molecule has 1 aliphatic rings. The van der Waals surface area contributed by atoms with Crippen LogP contribution in [0.25, 0.3) is 5.69 Å². The van der Waals surface area contributed by atoms with E-state index in [2.05, 4.69) is 10.1 Å². The molecule has 1 fully saturated rings. The number of aromatic nitrogens is 3. The van der Waals surface area contributed by atoms with Crippen molar-refractivity contribution in [2.24, 2.45) is 5.92 Å². The average molecular weight is 348 g/mol. The van der Waals surface area contributed by atoms with Crippen LogP contribution >= 0.6 is 11.8 Å². The first-order valence-electron chi connectivity index (χ1n) is 8.01. The Morgan fingerprint density at radius 1 is 1.54 bits per heavy atom. The van der Waals surface area contributed by atoms with Crippen LogP contribution in [-0.4, -0.2) is 45.4 Å². The molecule has 1 saturated carbocycles. The van der Waals surface area contributed by atoms with Crippen LogP contribution in [0.3, 0.4) is 0 Å². The minimum atomic E-state index is -0.614. The lowest BCUT2D eigenvalue weighted by Crippen LogP contribution is -2.26. The predicted octanol–water partition coefficient (Wildman–Crippen LogP) is 3.02. The van der Waals surface area contributed by atoms with Crippen molar-refractivity contribution in [2.45, 2.75) is 25.9 Å². The number of rotatable bonds is 7. The summed E-state index contributed by atoms with van der Waals surface area (Å²) in [7, 11) is 1.77. The second-order valence-corrected chi connectivity index (χ2v) is 7.19. The molecule has 7 heteroatoms. The number of alkyl halides is 1. The van der Waals surface area contributed by atoms with Gasteiger partial charge < -0.3 is 4.90 Å². The topological polar surface area (TPSA) is 51.0 Å². The second kappa shape index (κ2) is 7.34. The highest BCUT2D eigenvalue weighted by Crippen LogP contribution is 2.36. The first-order chi connectivity index (χ1) is 11.6. The first kappa shape index (κ1) is 17.0. The molecule has 0 radical (unpaired) electrons.